The fourth-order valence-electron chi connectivity index (χ4n) is 10.4. The van der Waals surface area contributed by atoms with Crippen molar-refractivity contribution in [2.75, 3.05) is 7.11 Å². The molecule has 2 heterocycles. The number of hydrogen-bond donors (Lipinski definition) is 1. The van der Waals surface area contributed by atoms with Crippen LogP contribution in [-0.4, -0.2) is 44.0 Å². The largest absolute Gasteiger partial charge is 0.501 e. The van der Waals surface area contributed by atoms with Crippen molar-refractivity contribution in [1.82, 2.24) is 15.6 Å². The highest BCUT2D eigenvalue weighted by Gasteiger charge is 2.53. The first-order valence-electron chi connectivity index (χ1n) is 20.5. The third kappa shape index (κ3) is 8.62. The standard InChI is InChI=1S/C25H38N2O3Si.C20H24N2.CH4/c1-16(2)29-31(28-6,30-17(3)4)12-11-20-13-21-14-22(20)23-15-26-27-25(24(21)23)19-9-7-18(5)8-10-19;1-3-16-18-9-8-15-12-21-22-20(17(15)10-11-19(16)18)14-6-4-13(2)5-7-14;/h7-10,15-17,20-22,24,26H,11-14H2,1-6H3;4-7,12,16,18-19H,3,8-11H2,1-2H3;1H4/t;16?,18-,19+;/m.1./s1. The molecule has 3 fully saturated rings. The minimum atomic E-state index is -2.66. The molecule has 5 aliphatic rings. The number of fused-ring (bicyclic) bond motifs is 7. The van der Waals surface area contributed by atoms with Crippen LogP contribution in [0.2, 0.25) is 6.04 Å². The van der Waals surface area contributed by atoms with Crippen molar-refractivity contribution in [1.29, 1.82) is 0 Å². The minimum Gasteiger partial charge on any atom is -0.377 e. The maximum atomic E-state index is 6.28. The fourth-order valence-corrected chi connectivity index (χ4v) is 13.2. The summed E-state index contributed by atoms with van der Waals surface area (Å²) in [5.74, 6) is 5.37. The summed E-state index contributed by atoms with van der Waals surface area (Å²) >= 11 is 0. The molecule has 4 aliphatic carbocycles. The van der Waals surface area contributed by atoms with Crippen molar-refractivity contribution in [2.24, 2.45) is 46.5 Å². The van der Waals surface area contributed by atoms with E-state index in [9.17, 15) is 0 Å². The smallest absolute Gasteiger partial charge is 0.377 e. The zero-order valence-corrected chi connectivity index (χ0v) is 34.4. The van der Waals surface area contributed by atoms with Gasteiger partial charge in [0.1, 0.15) is 0 Å². The van der Waals surface area contributed by atoms with E-state index in [1.807, 2.05) is 6.20 Å². The topological polar surface area (TPSA) is 77.9 Å². The number of hydrogen-bond acceptors (Lipinski definition) is 7. The van der Waals surface area contributed by atoms with E-state index in [0.29, 0.717) is 23.7 Å². The second-order valence-electron chi connectivity index (χ2n) is 17.0. The number of aryl methyl sites for hydroxylation is 3. The lowest BCUT2D eigenvalue weighted by Crippen LogP contribution is -2.48. The molecule has 7 nitrogen and oxygen atoms in total. The molecule has 2 aromatic carbocycles. The quantitative estimate of drug-likeness (QED) is 0.197. The molecule has 5 unspecified atom stereocenters. The molecule has 3 aromatic rings. The van der Waals surface area contributed by atoms with Crippen molar-refractivity contribution in [3.05, 3.63) is 94.3 Å². The number of aromatic nitrogens is 2. The van der Waals surface area contributed by atoms with Crippen LogP contribution in [0.3, 0.4) is 0 Å². The Hall–Kier alpha value is -3.17. The molecule has 1 aromatic heterocycles. The van der Waals surface area contributed by atoms with Crippen LogP contribution in [0, 0.1) is 55.3 Å². The zero-order chi connectivity index (χ0) is 37.3. The van der Waals surface area contributed by atoms with Gasteiger partial charge in [0.25, 0.3) is 0 Å². The van der Waals surface area contributed by atoms with Gasteiger partial charge in [-0.2, -0.15) is 15.3 Å². The summed E-state index contributed by atoms with van der Waals surface area (Å²) in [4.78, 5) is 0. The van der Waals surface area contributed by atoms with E-state index >= 15 is 0 Å². The van der Waals surface area contributed by atoms with Gasteiger partial charge in [0.15, 0.2) is 0 Å². The SMILES string of the molecule is C.CCC1[C@H]2CCc3cnnc(-c4ccc(C)cc4)c3CC[C@@H]12.CO[Si](CCC1CC2CC1C1=CNN=C(c3ccc(C)cc3)C12)(OC(C)C)OC(C)C. The molecule has 0 spiro atoms. The highest BCUT2D eigenvalue weighted by atomic mass is 28.4. The lowest BCUT2D eigenvalue weighted by atomic mass is 9.74. The number of hydrazone groups is 1. The normalized spacial score (nSPS) is 26.5. The summed E-state index contributed by atoms with van der Waals surface area (Å²) in [6.45, 7) is 14.9. The molecule has 1 N–H and O–H groups in total. The maximum absolute atomic E-state index is 6.28. The van der Waals surface area contributed by atoms with Crippen LogP contribution in [0.25, 0.3) is 11.3 Å². The highest BCUT2D eigenvalue weighted by Crippen LogP contribution is 2.58. The predicted molar refractivity (Wildman–Crippen MR) is 223 cm³/mol. The van der Waals surface area contributed by atoms with Crippen molar-refractivity contribution in [3.63, 3.8) is 0 Å². The van der Waals surface area contributed by atoms with Gasteiger partial charge in [-0.3, -0.25) is 5.43 Å². The van der Waals surface area contributed by atoms with E-state index < -0.39 is 8.80 Å². The Balaban J connectivity index is 0.000000190. The van der Waals surface area contributed by atoms with E-state index in [4.69, 9.17) is 18.4 Å². The van der Waals surface area contributed by atoms with Crippen molar-refractivity contribution in [2.45, 2.75) is 126 Å². The van der Waals surface area contributed by atoms with Crippen LogP contribution < -0.4 is 5.43 Å². The van der Waals surface area contributed by atoms with E-state index in [0.717, 1.165) is 35.9 Å². The monoisotopic (exact) mass is 750 g/mol. The van der Waals surface area contributed by atoms with Crippen molar-refractivity contribution >= 4 is 14.5 Å². The molecule has 292 valence electrons. The summed E-state index contributed by atoms with van der Waals surface area (Å²) in [6, 6.07) is 18.4. The van der Waals surface area contributed by atoms with Gasteiger partial charge < -0.3 is 13.3 Å². The first-order valence-corrected chi connectivity index (χ1v) is 22.4. The van der Waals surface area contributed by atoms with Gasteiger partial charge in [-0.15, -0.1) is 0 Å². The predicted octanol–water partition coefficient (Wildman–Crippen LogP) is 10.5. The van der Waals surface area contributed by atoms with E-state index in [1.165, 1.54) is 84.0 Å². The van der Waals surface area contributed by atoms with Gasteiger partial charge in [0.05, 0.1) is 17.6 Å². The molecular weight excluding hydrogens is 685 g/mol. The van der Waals surface area contributed by atoms with Crippen LogP contribution in [0.15, 0.2) is 71.6 Å². The molecule has 54 heavy (non-hydrogen) atoms. The molecule has 0 radical (unpaired) electrons. The molecule has 8 rings (SSSR count). The van der Waals surface area contributed by atoms with Crippen LogP contribution in [-0.2, 0) is 26.1 Å². The number of nitrogens with zero attached hydrogens (tertiary/aromatic N) is 3. The Morgan fingerprint density at radius 3 is 2.09 bits per heavy atom. The number of nitrogens with one attached hydrogen (secondary N) is 1. The third-order valence-corrected chi connectivity index (χ3v) is 16.0. The van der Waals surface area contributed by atoms with Gasteiger partial charge in [-0.25, -0.2) is 0 Å². The lowest BCUT2D eigenvalue weighted by molar-refractivity contribution is 0.0311. The molecular formula is C46H66N4O3Si. The Kier molecular flexibility index (Phi) is 13.0. The average molecular weight is 751 g/mol. The summed E-state index contributed by atoms with van der Waals surface area (Å²) in [7, 11) is -0.909. The lowest BCUT2D eigenvalue weighted by Gasteiger charge is -2.36. The van der Waals surface area contributed by atoms with Crippen LogP contribution >= 0.6 is 0 Å². The number of rotatable bonds is 11. The molecule has 7 atom stereocenters. The van der Waals surface area contributed by atoms with E-state index in [1.54, 1.807) is 12.7 Å². The maximum Gasteiger partial charge on any atom is 0.501 e. The summed E-state index contributed by atoms with van der Waals surface area (Å²) in [6.07, 6.45) is 14.4. The molecule has 0 saturated heterocycles. The van der Waals surface area contributed by atoms with Gasteiger partial charge in [-0.1, -0.05) is 80.4 Å². The van der Waals surface area contributed by atoms with Crippen LogP contribution in [0.5, 0.6) is 0 Å². The average Bonchev–Trinajstić information content (AvgIpc) is 3.42. The van der Waals surface area contributed by atoms with Gasteiger partial charge in [0.2, 0.25) is 0 Å². The van der Waals surface area contributed by atoms with Crippen LogP contribution in [0.4, 0.5) is 0 Å². The summed E-state index contributed by atoms with van der Waals surface area (Å²) < 4.78 is 18.5. The summed E-state index contributed by atoms with van der Waals surface area (Å²) in [5, 5.41) is 13.5. The van der Waals surface area contributed by atoms with E-state index in [2.05, 4.69) is 119 Å². The van der Waals surface area contributed by atoms with E-state index in [-0.39, 0.29) is 19.6 Å². The second kappa shape index (κ2) is 17.3. The highest BCUT2D eigenvalue weighted by molar-refractivity contribution is 6.60. The van der Waals surface area contributed by atoms with Crippen LogP contribution in [0.1, 0.15) is 108 Å². The molecule has 8 heteroatoms. The molecule has 3 saturated carbocycles. The number of allylic oxidation sites excluding steroid dienone is 1. The molecule has 2 bridgehead atoms. The Morgan fingerprint density at radius 2 is 1.48 bits per heavy atom. The zero-order valence-electron chi connectivity index (χ0n) is 33.4. The van der Waals surface area contributed by atoms with Gasteiger partial charge >= 0.3 is 8.80 Å². The fraction of sp³-hybridized carbons (Fsp3) is 0.587. The van der Waals surface area contributed by atoms with Crippen molar-refractivity contribution < 1.29 is 13.3 Å². The van der Waals surface area contributed by atoms with Gasteiger partial charge in [0, 0.05) is 43.0 Å². The third-order valence-electron chi connectivity index (χ3n) is 12.8. The summed E-state index contributed by atoms with van der Waals surface area (Å²) in [5.41, 5.74) is 15.0. The van der Waals surface area contributed by atoms with Gasteiger partial charge in [-0.05, 0) is 144 Å². The Morgan fingerprint density at radius 1 is 0.852 bits per heavy atom. The Labute approximate surface area is 327 Å². The number of benzene rings is 2. The first-order chi connectivity index (χ1) is 25.6. The Bertz CT molecular complexity index is 1760. The van der Waals surface area contributed by atoms with Crippen molar-refractivity contribution in [3.8, 4) is 11.3 Å². The molecule has 1 aliphatic heterocycles. The molecule has 0 amide bonds. The minimum absolute atomic E-state index is 0. The first kappa shape index (κ1) is 40.5. The second-order valence-corrected chi connectivity index (χ2v) is 19.8.